The first-order valence-electron chi connectivity index (χ1n) is 7.16. The van der Waals surface area contributed by atoms with E-state index in [0.717, 1.165) is 6.54 Å². The van der Waals surface area contributed by atoms with Gasteiger partial charge in [-0.3, -0.25) is 4.79 Å². The molecule has 0 aromatic heterocycles. The van der Waals surface area contributed by atoms with E-state index < -0.39 is 0 Å². The molecule has 0 aliphatic heterocycles. The number of carbonyl (C=O) groups excluding carboxylic acids is 1. The highest BCUT2D eigenvalue weighted by atomic mass is 19.1. The van der Waals surface area contributed by atoms with Crippen molar-refractivity contribution in [2.24, 2.45) is 17.8 Å². The molecule has 0 radical (unpaired) electrons. The predicted octanol–water partition coefficient (Wildman–Crippen LogP) is 3.28. The van der Waals surface area contributed by atoms with Gasteiger partial charge in [0.15, 0.2) is 0 Å². The number of benzene rings is 1. The van der Waals surface area contributed by atoms with Gasteiger partial charge in [0, 0.05) is 5.69 Å². The molecule has 0 aliphatic carbocycles. The van der Waals surface area contributed by atoms with Crippen LogP contribution in [0.4, 0.5) is 10.1 Å². The third-order valence-corrected chi connectivity index (χ3v) is 3.51. The lowest BCUT2D eigenvalue weighted by atomic mass is 9.85. The van der Waals surface area contributed by atoms with Gasteiger partial charge in [-0.2, -0.15) is 0 Å². The van der Waals surface area contributed by atoms with Crippen LogP contribution in [-0.2, 0) is 4.79 Å². The number of nitrogens with one attached hydrogen (secondary N) is 2. The van der Waals surface area contributed by atoms with Gasteiger partial charge in [0.05, 0.1) is 6.54 Å². The van der Waals surface area contributed by atoms with E-state index in [1.54, 1.807) is 12.1 Å². The van der Waals surface area contributed by atoms with Crippen molar-refractivity contribution in [3.05, 3.63) is 30.1 Å². The Kier molecular flexibility index (Phi) is 6.65. The van der Waals surface area contributed by atoms with Gasteiger partial charge < -0.3 is 10.6 Å². The molecule has 1 amide bonds. The maximum Gasteiger partial charge on any atom is 0.238 e. The van der Waals surface area contributed by atoms with Gasteiger partial charge in [-0.1, -0.05) is 27.7 Å². The molecule has 0 fully saturated rings. The standard InChI is InChI=1S/C16H25FN2O/c1-11(2)15(12(3)4)9-18-10-16(20)19-14-7-5-13(17)6-8-14/h5-8,11-12,15,18H,9-10H2,1-4H3,(H,19,20). The summed E-state index contributed by atoms with van der Waals surface area (Å²) in [7, 11) is 0. The molecule has 3 nitrogen and oxygen atoms in total. The molecule has 0 bridgehead atoms. The zero-order valence-electron chi connectivity index (χ0n) is 12.7. The van der Waals surface area contributed by atoms with E-state index in [2.05, 4.69) is 38.3 Å². The molecular formula is C16H25FN2O. The molecule has 1 aromatic carbocycles. The van der Waals surface area contributed by atoms with Crippen LogP contribution < -0.4 is 10.6 Å². The Morgan fingerprint density at radius 1 is 1.10 bits per heavy atom. The fourth-order valence-corrected chi connectivity index (χ4v) is 2.33. The average Bonchev–Trinajstić information content (AvgIpc) is 2.36. The van der Waals surface area contributed by atoms with Crippen molar-refractivity contribution >= 4 is 11.6 Å². The molecule has 0 saturated carbocycles. The molecule has 20 heavy (non-hydrogen) atoms. The predicted molar refractivity (Wildman–Crippen MR) is 81.1 cm³/mol. The average molecular weight is 280 g/mol. The zero-order valence-corrected chi connectivity index (χ0v) is 12.7. The molecule has 112 valence electrons. The summed E-state index contributed by atoms with van der Waals surface area (Å²) < 4.78 is 12.7. The highest BCUT2D eigenvalue weighted by Crippen LogP contribution is 2.19. The minimum atomic E-state index is -0.308. The lowest BCUT2D eigenvalue weighted by Crippen LogP contribution is -2.35. The number of hydrogen-bond acceptors (Lipinski definition) is 2. The summed E-state index contributed by atoms with van der Waals surface area (Å²) in [4.78, 5) is 11.8. The number of anilines is 1. The summed E-state index contributed by atoms with van der Waals surface area (Å²) in [5.74, 6) is 1.31. The fourth-order valence-electron chi connectivity index (χ4n) is 2.33. The van der Waals surface area contributed by atoms with Gasteiger partial charge in [0.25, 0.3) is 0 Å². The molecule has 0 spiro atoms. The zero-order chi connectivity index (χ0) is 15.1. The van der Waals surface area contributed by atoms with Crippen LogP contribution >= 0.6 is 0 Å². The molecule has 0 unspecified atom stereocenters. The Bertz CT molecular complexity index is 407. The topological polar surface area (TPSA) is 41.1 Å². The van der Waals surface area contributed by atoms with Crippen molar-refractivity contribution in [2.45, 2.75) is 27.7 Å². The fraction of sp³-hybridized carbons (Fsp3) is 0.562. The van der Waals surface area contributed by atoms with Gasteiger partial charge in [0.2, 0.25) is 5.91 Å². The quantitative estimate of drug-likeness (QED) is 0.804. The van der Waals surface area contributed by atoms with E-state index in [9.17, 15) is 9.18 Å². The summed E-state index contributed by atoms with van der Waals surface area (Å²) in [6, 6.07) is 5.77. The number of carbonyl (C=O) groups is 1. The van der Waals surface area contributed by atoms with Crippen LogP contribution in [0.3, 0.4) is 0 Å². The van der Waals surface area contributed by atoms with E-state index in [0.29, 0.717) is 23.4 Å². The first kappa shape index (κ1) is 16.6. The summed E-state index contributed by atoms with van der Waals surface area (Å²) in [6.45, 7) is 9.89. The smallest absolute Gasteiger partial charge is 0.238 e. The van der Waals surface area contributed by atoms with E-state index in [1.165, 1.54) is 12.1 Å². The molecule has 1 aromatic rings. The normalized spacial score (nSPS) is 11.4. The van der Waals surface area contributed by atoms with Crippen LogP contribution in [0.2, 0.25) is 0 Å². The molecule has 1 rings (SSSR count). The molecule has 0 aliphatic rings. The number of hydrogen-bond donors (Lipinski definition) is 2. The molecule has 0 atom stereocenters. The minimum absolute atomic E-state index is 0.108. The second-order valence-electron chi connectivity index (χ2n) is 5.84. The maximum absolute atomic E-state index is 12.7. The SMILES string of the molecule is CC(C)C(CNCC(=O)Nc1ccc(F)cc1)C(C)C. The van der Waals surface area contributed by atoms with E-state index in [1.807, 2.05) is 0 Å². The van der Waals surface area contributed by atoms with E-state index in [-0.39, 0.29) is 18.3 Å². The maximum atomic E-state index is 12.7. The van der Waals surface area contributed by atoms with Crippen LogP contribution in [0, 0.1) is 23.6 Å². The number of halogens is 1. The molecule has 0 heterocycles. The summed E-state index contributed by atoms with van der Waals surface area (Å²) in [5, 5.41) is 5.93. The first-order valence-corrected chi connectivity index (χ1v) is 7.16. The Morgan fingerprint density at radius 2 is 1.65 bits per heavy atom. The summed E-state index contributed by atoms with van der Waals surface area (Å²) >= 11 is 0. The van der Waals surface area contributed by atoms with E-state index >= 15 is 0 Å². The van der Waals surface area contributed by atoms with Crippen LogP contribution in [0.5, 0.6) is 0 Å². The Labute approximate surface area is 121 Å². The monoisotopic (exact) mass is 280 g/mol. The Morgan fingerprint density at radius 3 is 2.15 bits per heavy atom. The van der Waals surface area contributed by atoms with Crippen LogP contribution in [-0.4, -0.2) is 19.0 Å². The summed E-state index contributed by atoms with van der Waals surface area (Å²) in [5.41, 5.74) is 0.613. The highest BCUT2D eigenvalue weighted by molar-refractivity contribution is 5.92. The van der Waals surface area contributed by atoms with Gasteiger partial charge >= 0.3 is 0 Å². The highest BCUT2D eigenvalue weighted by Gasteiger charge is 2.17. The van der Waals surface area contributed by atoms with Crippen LogP contribution in [0.25, 0.3) is 0 Å². The van der Waals surface area contributed by atoms with Crippen molar-refractivity contribution in [1.82, 2.24) is 5.32 Å². The van der Waals surface area contributed by atoms with Crippen LogP contribution in [0.15, 0.2) is 24.3 Å². The third-order valence-electron chi connectivity index (χ3n) is 3.51. The van der Waals surface area contributed by atoms with Crippen LogP contribution in [0.1, 0.15) is 27.7 Å². The van der Waals surface area contributed by atoms with Crippen molar-refractivity contribution in [3.63, 3.8) is 0 Å². The second-order valence-corrected chi connectivity index (χ2v) is 5.84. The molecular weight excluding hydrogens is 255 g/mol. The molecule has 4 heteroatoms. The summed E-state index contributed by atoms with van der Waals surface area (Å²) in [6.07, 6.45) is 0. The van der Waals surface area contributed by atoms with Crippen molar-refractivity contribution < 1.29 is 9.18 Å². The first-order chi connectivity index (χ1) is 9.40. The number of amides is 1. The Hall–Kier alpha value is -1.42. The Balaban J connectivity index is 2.34. The van der Waals surface area contributed by atoms with Gasteiger partial charge in [-0.05, 0) is 48.6 Å². The molecule has 0 saturated heterocycles. The molecule has 2 N–H and O–H groups in total. The van der Waals surface area contributed by atoms with Gasteiger partial charge in [-0.15, -0.1) is 0 Å². The van der Waals surface area contributed by atoms with Gasteiger partial charge in [-0.25, -0.2) is 4.39 Å². The van der Waals surface area contributed by atoms with Crippen molar-refractivity contribution in [1.29, 1.82) is 0 Å². The largest absolute Gasteiger partial charge is 0.325 e. The minimum Gasteiger partial charge on any atom is -0.325 e. The van der Waals surface area contributed by atoms with Crippen molar-refractivity contribution in [3.8, 4) is 0 Å². The second kappa shape index (κ2) is 8.00. The number of rotatable bonds is 7. The van der Waals surface area contributed by atoms with E-state index in [4.69, 9.17) is 0 Å². The lowest BCUT2D eigenvalue weighted by Gasteiger charge is -2.25. The van der Waals surface area contributed by atoms with Gasteiger partial charge in [0.1, 0.15) is 5.82 Å². The van der Waals surface area contributed by atoms with Crippen molar-refractivity contribution in [2.75, 3.05) is 18.4 Å². The third kappa shape index (κ3) is 5.70. The lowest BCUT2D eigenvalue weighted by molar-refractivity contribution is -0.115.